The number of carbonyl (C=O) groups excluding carboxylic acids is 1. The van der Waals surface area contributed by atoms with E-state index >= 15 is 0 Å². The summed E-state index contributed by atoms with van der Waals surface area (Å²) in [4.78, 5) is 12.7. The van der Waals surface area contributed by atoms with Gasteiger partial charge in [0.1, 0.15) is 22.7 Å². The largest absolute Gasteiger partial charge is 0.505 e. The van der Waals surface area contributed by atoms with Crippen LogP contribution in [-0.4, -0.2) is 39.8 Å². The number of ether oxygens (including phenoxy) is 2. The fourth-order valence-corrected chi connectivity index (χ4v) is 4.30. The first-order valence-corrected chi connectivity index (χ1v) is 11.5. The molecule has 0 bridgehead atoms. The van der Waals surface area contributed by atoms with Crippen LogP contribution in [0.25, 0.3) is 28.1 Å². The Hall–Kier alpha value is -3.65. The second kappa shape index (κ2) is 9.69. The Bertz CT molecular complexity index is 1380. The third kappa shape index (κ3) is 4.41. The number of carbonyl (C=O) groups is 1. The normalized spacial score (nSPS) is 10.9. The van der Waals surface area contributed by atoms with Crippen molar-refractivity contribution < 1.29 is 19.4 Å². The van der Waals surface area contributed by atoms with E-state index in [1.54, 1.807) is 27.2 Å². The number of halogens is 1. The van der Waals surface area contributed by atoms with Crippen LogP contribution in [-0.2, 0) is 4.74 Å². The predicted molar refractivity (Wildman–Crippen MR) is 134 cm³/mol. The van der Waals surface area contributed by atoms with Crippen molar-refractivity contribution in [1.29, 1.82) is 0 Å². The lowest BCUT2D eigenvalue weighted by Gasteiger charge is -2.18. The molecule has 0 fully saturated rings. The summed E-state index contributed by atoms with van der Waals surface area (Å²) in [6, 6.07) is 15.3. The van der Waals surface area contributed by atoms with Crippen LogP contribution in [0.3, 0.4) is 0 Å². The van der Waals surface area contributed by atoms with Crippen LogP contribution >= 0.6 is 15.9 Å². The van der Waals surface area contributed by atoms with Gasteiger partial charge in [-0.25, -0.2) is 9.48 Å². The molecular weight excluding hydrogens is 498 g/mol. The minimum atomic E-state index is -0.603. The first-order valence-electron chi connectivity index (χ1n) is 10.7. The van der Waals surface area contributed by atoms with Crippen molar-refractivity contribution in [1.82, 2.24) is 15.0 Å². The van der Waals surface area contributed by atoms with E-state index in [9.17, 15) is 9.90 Å². The molecule has 3 aromatic carbocycles. The van der Waals surface area contributed by atoms with E-state index in [4.69, 9.17) is 9.47 Å². The van der Waals surface area contributed by atoms with Crippen molar-refractivity contribution in [3.8, 4) is 39.6 Å². The molecule has 0 radical (unpaired) electrons. The minimum Gasteiger partial charge on any atom is -0.505 e. The second-order valence-electron chi connectivity index (χ2n) is 7.80. The molecule has 1 heterocycles. The number of phenolic OH excluding ortho intramolecular Hbond substituents is 1. The molecule has 0 atom stereocenters. The summed E-state index contributed by atoms with van der Waals surface area (Å²) >= 11 is 3.60. The quantitative estimate of drug-likeness (QED) is 0.319. The Morgan fingerprint density at radius 1 is 1.12 bits per heavy atom. The molecular formula is C26H24BrN3O4. The van der Waals surface area contributed by atoms with Gasteiger partial charge in [0.25, 0.3) is 0 Å². The van der Waals surface area contributed by atoms with Gasteiger partial charge in [-0.2, -0.15) is 0 Å². The fourth-order valence-electron chi connectivity index (χ4n) is 3.84. The van der Waals surface area contributed by atoms with Gasteiger partial charge in [-0.3, -0.25) is 0 Å². The van der Waals surface area contributed by atoms with Crippen molar-refractivity contribution in [3.05, 3.63) is 75.9 Å². The van der Waals surface area contributed by atoms with Crippen LogP contribution in [0.2, 0.25) is 0 Å². The molecule has 8 heteroatoms. The van der Waals surface area contributed by atoms with E-state index in [1.165, 1.54) is 4.68 Å². The number of aromatic nitrogens is 3. The number of hydrogen-bond acceptors (Lipinski definition) is 6. The Labute approximate surface area is 206 Å². The molecule has 0 amide bonds. The fraction of sp³-hybridized carbons (Fsp3) is 0.192. The number of nitrogens with zero attached hydrogens (tertiary/aromatic N) is 3. The molecule has 0 aliphatic carbocycles. The number of aromatic hydroxyl groups is 1. The number of phenols is 1. The summed E-state index contributed by atoms with van der Waals surface area (Å²) in [5.74, 6) is -0.187. The summed E-state index contributed by atoms with van der Waals surface area (Å²) in [7, 11) is 1.59. The van der Waals surface area contributed by atoms with Gasteiger partial charge >= 0.3 is 5.97 Å². The van der Waals surface area contributed by atoms with Gasteiger partial charge in [0, 0.05) is 21.2 Å². The van der Waals surface area contributed by atoms with Crippen LogP contribution in [0.1, 0.15) is 28.4 Å². The van der Waals surface area contributed by atoms with Gasteiger partial charge in [0.2, 0.25) is 0 Å². The average molecular weight is 522 g/mol. The van der Waals surface area contributed by atoms with Crippen LogP contribution in [0.4, 0.5) is 0 Å². The first-order chi connectivity index (χ1) is 16.3. The molecule has 1 aromatic heterocycles. The number of benzene rings is 3. The van der Waals surface area contributed by atoms with E-state index < -0.39 is 5.97 Å². The molecule has 174 valence electrons. The summed E-state index contributed by atoms with van der Waals surface area (Å²) in [5.41, 5.74) is 5.01. The number of aryl methyl sites for hydroxylation is 2. The summed E-state index contributed by atoms with van der Waals surface area (Å²) in [5, 5.41) is 20.0. The maximum absolute atomic E-state index is 12.7. The molecule has 0 saturated heterocycles. The van der Waals surface area contributed by atoms with Crippen LogP contribution in [0.5, 0.6) is 11.5 Å². The number of esters is 1. The topological polar surface area (TPSA) is 86.5 Å². The van der Waals surface area contributed by atoms with Gasteiger partial charge in [0.05, 0.1) is 19.9 Å². The van der Waals surface area contributed by atoms with Gasteiger partial charge in [-0.15, -0.1) is 5.10 Å². The lowest BCUT2D eigenvalue weighted by Crippen LogP contribution is -2.10. The minimum absolute atomic E-state index is 0.0900. The third-order valence-corrected chi connectivity index (χ3v) is 6.14. The predicted octanol–water partition coefficient (Wildman–Crippen LogP) is 5.87. The molecule has 1 N–H and O–H groups in total. The molecule has 4 rings (SSSR count). The highest BCUT2D eigenvalue weighted by Crippen LogP contribution is 2.42. The van der Waals surface area contributed by atoms with Crippen molar-refractivity contribution in [3.63, 3.8) is 0 Å². The molecule has 0 unspecified atom stereocenters. The van der Waals surface area contributed by atoms with Crippen LogP contribution in [0, 0.1) is 13.8 Å². The highest BCUT2D eigenvalue weighted by molar-refractivity contribution is 9.10. The van der Waals surface area contributed by atoms with Gasteiger partial charge < -0.3 is 14.6 Å². The Morgan fingerprint density at radius 3 is 2.62 bits per heavy atom. The Kier molecular flexibility index (Phi) is 6.70. The van der Waals surface area contributed by atoms with Crippen LogP contribution < -0.4 is 4.74 Å². The highest BCUT2D eigenvalue weighted by Gasteiger charge is 2.26. The smallest absolute Gasteiger partial charge is 0.342 e. The summed E-state index contributed by atoms with van der Waals surface area (Å²) in [6.07, 6.45) is 1.73. The number of hydrogen-bond donors (Lipinski definition) is 1. The highest BCUT2D eigenvalue weighted by atomic mass is 79.9. The second-order valence-corrected chi connectivity index (χ2v) is 8.65. The van der Waals surface area contributed by atoms with Gasteiger partial charge in [-0.05, 0) is 56.7 Å². The molecule has 7 nitrogen and oxygen atoms in total. The monoisotopic (exact) mass is 521 g/mol. The molecule has 0 aliphatic heterocycles. The summed E-state index contributed by atoms with van der Waals surface area (Å²) in [6.45, 7) is 5.67. The summed E-state index contributed by atoms with van der Waals surface area (Å²) < 4.78 is 12.9. The molecule has 4 aromatic rings. The van der Waals surface area contributed by atoms with Gasteiger partial charge in [0.15, 0.2) is 5.75 Å². The van der Waals surface area contributed by atoms with E-state index in [2.05, 4.69) is 26.2 Å². The maximum Gasteiger partial charge on any atom is 0.342 e. The van der Waals surface area contributed by atoms with Gasteiger partial charge in [-0.1, -0.05) is 44.9 Å². The van der Waals surface area contributed by atoms with Crippen LogP contribution in [0.15, 0.2) is 59.2 Å². The Morgan fingerprint density at radius 2 is 1.91 bits per heavy atom. The SMILES string of the molecule is CCOC(=O)c1c(C)cc(-c2cc(OC)ccc2Br)c(-n2cc(-c3cccc(C)c3)nn2)c1O. The lowest BCUT2D eigenvalue weighted by atomic mass is 9.96. The van der Waals surface area contributed by atoms with Crippen molar-refractivity contribution in [2.45, 2.75) is 20.8 Å². The maximum atomic E-state index is 12.7. The standard InChI is InChI=1S/C26H24BrN3O4/c1-5-34-26(32)23-16(3)12-20(19-13-18(33-4)9-10-21(19)27)24(25(23)31)30-14-22(28-29-30)17-8-6-7-15(2)11-17/h6-14,31H,5H2,1-4H3. The molecule has 0 aliphatic rings. The lowest BCUT2D eigenvalue weighted by molar-refractivity contribution is 0.0522. The number of rotatable bonds is 6. The van der Waals surface area contributed by atoms with E-state index in [1.807, 2.05) is 55.5 Å². The first kappa shape index (κ1) is 23.5. The van der Waals surface area contributed by atoms with Crippen molar-refractivity contribution in [2.24, 2.45) is 0 Å². The molecule has 0 saturated carbocycles. The zero-order valence-corrected chi connectivity index (χ0v) is 20.9. The third-order valence-electron chi connectivity index (χ3n) is 5.45. The molecule has 0 spiro atoms. The van der Waals surface area contributed by atoms with E-state index in [-0.39, 0.29) is 17.9 Å². The van der Waals surface area contributed by atoms with E-state index in [0.29, 0.717) is 28.3 Å². The number of methoxy groups -OCH3 is 1. The Balaban J connectivity index is 1.98. The van der Waals surface area contributed by atoms with Crippen molar-refractivity contribution >= 4 is 21.9 Å². The molecule has 34 heavy (non-hydrogen) atoms. The zero-order chi connectivity index (χ0) is 24.4. The zero-order valence-electron chi connectivity index (χ0n) is 19.3. The van der Waals surface area contributed by atoms with E-state index in [0.717, 1.165) is 21.2 Å². The average Bonchev–Trinajstić information content (AvgIpc) is 3.29. The van der Waals surface area contributed by atoms with Crippen molar-refractivity contribution in [2.75, 3.05) is 13.7 Å².